The van der Waals surface area contributed by atoms with Crippen molar-refractivity contribution in [3.05, 3.63) is 27.6 Å². The van der Waals surface area contributed by atoms with Crippen molar-refractivity contribution in [3.8, 4) is 6.07 Å². The highest BCUT2D eigenvalue weighted by Gasteiger charge is 2.33. The number of carbonyl (C=O) groups is 1. The van der Waals surface area contributed by atoms with E-state index in [1.807, 2.05) is 15.8 Å². The maximum Gasteiger partial charge on any atom is 0.219 e. The summed E-state index contributed by atoms with van der Waals surface area (Å²) in [6.07, 6.45) is 3.44. The molecule has 1 aromatic carbocycles. The molecule has 1 amide bonds. The smallest absolute Gasteiger partial charge is 0.219 e. The summed E-state index contributed by atoms with van der Waals surface area (Å²) in [5.74, 6) is 0.392. The number of fused-ring (bicyclic) bond motifs is 3. The van der Waals surface area contributed by atoms with Crippen molar-refractivity contribution < 1.29 is 9.18 Å². The zero-order chi connectivity index (χ0) is 25.4. The van der Waals surface area contributed by atoms with Gasteiger partial charge in [-0.05, 0) is 48.9 Å². The van der Waals surface area contributed by atoms with Gasteiger partial charge in [-0.1, -0.05) is 11.6 Å². The van der Waals surface area contributed by atoms with Crippen LogP contribution in [0.5, 0.6) is 0 Å². The summed E-state index contributed by atoms with van der Waals surface area (Å²) in [5.41, 5.74) is 1.15. The molecule has 186 valence electrons. The van der Waals surface area contributed by atoms with E-state index in [0.717, 1.165) is 42.7 Å². The number of hydrogen-bond donors (Lipinski definition) is 0. The van der Waals surface area contributed by atoms with Gasteiger partial charge in [-0.25, -0.2) is 9.37 Å². The van der Waals surface area contributed by atoms with Gasteiger partial charge in [0.15, 0.2) is 5.82 Å². The van der Waals surface area contributed by atoms with Gasteiger partial charge in [0.25, 0.3) is 0 Å². The lowest BCUT2D eigenvalue weighted by atomic mass is 10.0. The maximum absolute atomic E-state index is 15.3. The fraction of sp³-hybridized carbons (Fsp3) is 0.500. The van der Waals surface area contributed by atoms with Crippen molar-refractivity contribution in [2.75, 3.05) is 45.2 Å². The van der Waals surface area contributed by atoms with Crippen molar-refractivity contribution in [1.82, 2.24) is 24.6 Å². The molecule has 0 radical (unpaired) electrons. The molecule has 0 bridgehead atoms. The number of pyridine rings is 1. The first kappa shape index (κ1) is 25.6. The Kier molecular flexibility index (Phi) is 7.50. The summed E-state index contributed by atoms with van der Waals surface area (Å²) in [4.78, 5) is 22.7. The molecule has 8 nitrogen and oxygen atoms in total. The van der Waals surface area contributed by atoms with Crippen LogP contribution in [-0.2, 0) is 4.79 Å². The van der Waals surface area contributed by atoms with Gasteiger partial charge in [0.2, 0.25) is 5.91 Å². The molecule has 2 saturated heterocycles. The van der Waals surface area contributed by atoms with Crippen LogP contribution in [0.15, 0.2) is 16.7 Å². The standard InChI is InChI=1S/C22H25BrClFN6O.C2H3N/c1-12(32)29-6-4-13(5-7-29)31-21-15-8-17(24)18(23)19(25)20(15)27-22(16(21)9-26-31)30-10-14(11-30)28(2)3;1-2-3/h8-9,13-14H,4-7,10-11H2,1-3H3;1H3. The number of hydrogen-bond acceptors (Lipinski definition) is 6. The molecule has 11 heteroatoms. The zero-order valence-corrected chi connectivity index (χ0v) is 22.6. The van der Waals surface area contributed by atoms with Crippen molar-refractivity contribution in [1.29, 1.82) is 5.26 Å². The van der Waals surface area contributed by atoms with Crippen LogP contribution in [0.3, 0.4) is 0 Å². The van der Waals surface area contributed by atoms with E-state index >= 15 is 4.39 Å². The molecule has 2 fully saturated rings. The number of aromatic nitrogens is 3. The van der Waals surface area contributed by atoms with Crippen LogP contribution in [0.1, 0.15) is 32.7 Å². The number of rotatable bonds is 3. The predicted molar refractivity (Wildman–Crippen MR) is 139 cm³/mol. The third kappa shape index (κ3) is 4.69. The molecule has 0 spiro atoms. The number of nitrogens with zero attached hydrogens (tertiary/aromatic N) is 7. The van der Waals surface area contributed by atoms with Crippen LogP contribution >= 0.6 is 27.5 Å². The molecule has 4 heterocycles. The minimum atomic E-state index is -0.459. The molecule has 2 aromatic heterocycles. The summed E-state index contributed by atoms with van der Waals surface area (Å²) in [5, 5.41) is 13.9. The summed E-state index contributed by atoms with van der Waals surface area (Å²) < 4.78 is 17.5. The summed E-state index contributed by atoms with van der Waals surface area (Å²) in [6.45, 7) is 6.08. The van der Waals surface area contributed by atoms with E-state index in [1.165, 1.54) is 6.92 Å². The molecular weight excluding hydrogens is 537 g/mol. The van der Waals surface area contributed by atoms with Gasteiger partial charge >= 0.3 is 0 Å². The third-order valence-corrected chi connectivity index (χ3v) is 8.10. The minimum Gasteiger partial charge on any atom is -0.353 e. The van der Waals surface area contributed by atoms with Gasteiger partial charge in [-0.15, -0.1) is 0 Å². The second-order valence-electron chi connectivity index (χ2n) is 9.15. The number of likely N-dealkylation sites (tertiary alicyclic amines) is 1. The Labute approximate surface area is 217 Å². The van der Waals surface area contributed by atoms with Crippen molar-refractivity contribution in [3.63, 3.8) is 0 Å². The lowest BCUT2D eigenvalue weighted by Crippen LogP contribution is -2.57. The van der Waals surface area contributed by atoms with Crippen molar-refractivity contribution in [2.45, 2.75) is 38.8 Å². The van der Waals surface area contributed by atoms with E-state index in [2.05, 4.69) is 39.8 Å². The molecule has 0 atom stereocenters. The van der Waals surface area contributed by atoms with Gasteiger partial charge in [0.1, 0.15) is 11.3 Å². The number of halogens is 3. The normalized spacial score (nSPS) is 16.9. The van der Waals surface area contributed by atoms with Crippen LogP contribution < -0.4 is 4.90 Å². The predicted octanol–water partition coefficient (Wildman–Crippen LogP) is 4.60. The summed E-state index contributed by atoms with van der Waals surface area (Å²) in [7, 11) is 4.13. The number of likely N-dealkylation sites (N-methyl/N-ethyl adjacent to an activating group) is 1. The fourth-order valence-electron chi connectivity index (χ4n) is 4.73. The van der Waals surface area contributed by atoms with Crippen molar-refractivity contribution >= 4 is 61.1 Å². The Balaban J connectivity index is 0.000000917. The van der Waals surface area contributed by atoms with E-state index < -0.39 is 5.82 Å². The topological polar surface area (TPSA) is 81.3 Å². The van der Waals surface area contributed by atoms with E-state index in [4.69, 9.17) is 26.9 Å². The Bertz CT molecular complexity index is 1310. The van der Waals surface area contributed by atoms with Gasteiger partial charge < -0.3 is 14.7 Å². The first-order valence-electron chi connectivity index (χ1n) is 11.5. The average Bonchev–Trinajstić information content (AvgIpc) is 3.23. The van der Waals surface area contributed by atoms with Gasteiger partial charge in [0.05, 0.1) is 38.7 Å². The molecule has 0 aliphatic carbocycles. The highest BCUT2D eigenvalue weighted by Crippen LogP contribution is 2.40. The number of piperidine rings is 1. The number of amides is 1. The molecular formula is C24H28BrClFN7O. The number of benzene rings is 1. The minimum absolute atomic E-state index is 0.0950. The zero-order valence-electron chi connectivity index (χ0n) is 20.2. The largest absolute Gasteiger partial charge is 0.353 e. The lowest BCUT2D eigenvalue weighted by Gasteiger charge is -2.43. The monoisotopic (exact) mass is 563 g/mol. The Morgan fingerprint density at radius 3 is 2.49 bits per heavy atom. The third-order valence-electron chi connectivity index (χ3n) is 6.79. The average molecular weight is 565 g/mol. The van der Waals surface area contributed by atoms with Crippen LogP contribution in [0.25, 0.3) is 21.8 Å². The van der Waals surface area contributed by atoms with Crippen LogP contribution in [0.4, 0.5) is 10.2 Å². The van der Waals surface area contributed by atoms with E-state index in [1.54, 1.807) is 19.1 Å². The molecule has 35 heavy (non-hydrogen) atoms. The maximum atomic E-state index is 15.3. The van der Waals surface area contributed by atoms with Crippen molar-refractivity contribution in [2.24, 2.45) is 0 Å². The molecule has 0 saturated carbocycles. The van der Waals surface area contributed by atoms with E-state index in [-0.39, 0.29) is 16.4 Å². The van der Waals surface area contributed by atoms with Crippen LogP contribution in [0.2, 0.25) is 5.02 Å². The Hall–Kier alpha value is -2.48. The Morgan fingerprint density at radius 2 is 1.91 bits per heavy atom. The summed E-state index contributed by atoms with van der Waals surface area (Å²) >= 11 is 9.61. The number of carbonyl (C=O) groups excluding carboxylic acids is 1. The second kappa shape index (κ2) is 10.2. The molecule has 3 aromatic rings. The quantitative estimate of drug-likeness (QED) is 0.433. The van der Waals surface area contributed by atoms with Gasteiger partial charge in [-0.3, -0.25) is 9.48 Å². The fourth-order valence-corrected chi connectivity index (χ4v) is 5.23. The molecule has 2 aliphatic heterocycles. The Morgan fingerprint density at radius 1 is 1.29 bits per heavy atom. The van der Waals surface area contributed by atoms with Gasteiger partial charge in [-0.2, -0.15) is 10.4 Å². The highest BCUT2D eigenvalue weighted by molar-refractivity contribution is 9.10. The van der Waals surface area contributed by atoms with Crippen LogP contribution in [-0.4, -0.2) is 76.8 Å². The summed E-state index contributed by atoms with van der Waals surface area (Å²) in [6, 6.07) is 4.08. The molecule has 2 aliphatic rings. The number of nitriles is 1. The second-order valence-corrected chi connectivity index (χ2v) is 10.4. The molecule has 0 unspecified atom stereocenters. The van der Waals surface area contributed by atoms with E-state index in [0.29, 0.717) is 35.1 Å². The molecule has 0 N–H and O–H groups in total. The highest BCUT2D eigenvalue weighted by atomic mass is 79.9. The SMILES string of the molecule is CC#N.CC(=O)N1CCC(n2ncc3c(N4CC(N(C)C)C4)nc4c(F)c(Br)c(Cl)cc4c32)CC1. The van der Waals surface area contributed by atoms with E-state index in [9.17, 15) is 4.79 Å². The number of anilines is 1. The molecule has 5 rings (SSSR count). The van der Waals surface area contributed by atoms with Gasteiger partial charge in [0, 0.05) is 51.5 Å². The first-order valence-corrected chi connectivity index (χ1v) is 12.7. The van der Waals surface area contributed by atoms with Crippen LogP contribution in [0, 0.1) is 17.1 Å². The lowest BCUT2D eigenvalue weighted by molar-refractivity contribution is -0.130. The first-order chi connectivity index (χ1) is 16.7.